The SMILES string of the molecule is CCc1nc(-c2ccc(Cl)cc2Cl)c(N)n1C1CC1. The van der Waals surface area contributed by atoms with E-state index in [1.165, 1.54) is 12.8 Å². The first-order valence-corrected chi connectivity index (χ1v) is 7.19. The van der Waals surface area contributed by atoms with Crippen molar-refractivity contribution >= 4 is 29.0 Å². The Balaban J connectivity index is 2.14. The third-order valence-electron chi connectivity index (χ3n) is 3.44. The normalized spacial score (nSPS) is 14.9. The molecular weight excluding hydrogens is 281 g/mol. The van der Waals surface area contributed by atoms with Crippen LogP contribution in [0.1, 0.15) is 31.6 Å². The first-order chi connectivity index (χ1) is 9.11. The van der Waals surface area contributed by atoms with Crippen LogP contribution >= 0.6 is 23.2 Å². The van der Waals surface area contributed by atoms with Crippen molar-refractivity contribution < 1.29 is 0 Å². The smallest absolute Gasteiger partial charge is 0.132 e. The molecule has 1 fully saturated rings. The second-order valence-electron chi connectivity index (χ2n) is 4.84. The largest absolute Gasteiger partial charge is 0.383 e. The van der Waals surface area contributed by atoms with Crippen LogP contribution in [0.25, 0.3) is 11.3 Å². The van der Waals surface area contributed by atoms with E-state index in [0.717, 1.165) is 23.5 Å². The van der Waals surface area contributed by atoms with Gasteiger partial charge in [-0.15, -0.1) is 0 Å². The molecular formula is C14H15Cl2N3. The zero-order valence-electron chi connectivity index (χ0n) is 10.7. The molecule has 0 amide bonds. The van der Waals surface area contributed by atoms with Crippen LogP contribution in [0.4, 0.5) is 5.82 Å². The van der Waals surface area contributed by atoms with Gasteiger partial charge in [0.05, 0.1) is 5.02 Å². The van der Waals surface area contributed by atoms with Crippen LogP contribution in [0, 0.1) is 0 Å². The summed E-state index contributed by atoms with van der Waals surface area (Å²) in [7, 11) is 0. The van der Waals surface area contributed by atoms with E-state index < -0.39 is 0 Å². The maximum absolute atomic E-state index is 6.27. The molecule has 100 valence electrons. The first kappa shape index (κ1) is 12.8. The van der Waals surface area contributed by atoms with Crippen molar-refractivity contribution in [2.75, 3.05) is 5.73 Å². The minimum atomic E-state index is 0.516. The van der Waals surface area contributed by atoms with Crippen LogP contribution in [-0.4, -0.2) is 9.55 Å². The number of aryl methyl sites for hydroxylation is 1. The van der Waals surface area contributed by atoms with Crippen molar-refractivity contribution in [3.8, 4) is 11.3 Å². The molecule has 1 aliphatic carbocycles. The molecule has 5 heteroatoms. The topological polar surface area (TPSA) is 43.8 Å². The van der Waals surface area contributed by atoms with Gasteiger partial charge in [0.2, 0.25) is 0 Å². The molecule has 3 nitrogen and oxygen atoms in total. The molecule has 0 radical (unpaired) electrons. The summed E-state index contributed by atoms with van der Waals surface area (Å²) in [6.45, 7) is 2.09. The molecule has 2 N–H and O–H groups in total. The molecule has 0 atom stereocenters. The van der Waals surface area contributed by atoms with Gasteiger partial charge in [-0.1, -0.05) is 30.1 Å². The predicted octanol–water partition coefficient (Wildman–Crippen LogP) is 4.34. The summed E-state index contributed by atoms with van der Waals surface area (Å²) >= 11 is 12.2. The van der Waals surface area contributed by atoms with Crippen LogP contribution in [-0.2, 0) is 6.42 Å². The lowest BCUT2D eigenvalue weighted by Crippen LogP contribution is -2.04. The lowest BCUT2D eigenvalue weighted by molar-refractivity contribution is 0.696. The second kappa shape index (κ2) is 4.73. The summed E-state index contributed by atoms with van der Waals surface area (Å²) in [5, 5.41) is 1.20. The molecule has 0 spiro atoms. The number of halogens is 2. The predicted molar refractivity (Wildman–Crippen MR) is 79.7 cm³/mol. The number of rotatable bonds is 3. The maximum Gasteiger partial charge on any atom is 0.132 e. The van der Waals surface area contributed by atoms with Gasteiger partial charge in [-0.2, -0.15) is 0 Å². The van der Waals surface area contributed by atoms with Crippen molar-refractivity contribution in [3.63, 3.8) is 0 Å². The third-order valence-corrected chi connectivity index (χ3v) is 3.98. The van der Waals surface area contributed by atoms with E-state index in [0.29, 0.717) is 21.9 Å². The number of anilines is 1. The Morgan fingerprint density at radius 2 is 2.11 bits per heavy atom. The molecule has 0 unspecified atom stereocenters. The summed E-state index contributed by atoms with van der Waals surface area (Å²) in [4.78, 5) is 4.66. The van der Waals surface area contributed by atoms with E-state index in [1.807, 2.05) is 12.1 Å². The summed E-state index contributed by atoms with van der Waals surface area (Å²) in [6.07, 6.45) is 3.23. The number of nitrogen functional groups attached to an aromatic ring is 1. The molecule has 1 aromatic carbocycles. The van der Waals surface area contributed by atoms with E-state index in [-0.39, 0.29) is 0 Å². The van der Waals surface area contributed by atoms with Gasteiger partial charge in [-0.3, -0.25) is 0 Å². The van der Waals surface area contributed by atoms with Gasteiger partial charge >= 0.3 is 0 Å². The molecule has 1 aromatic heterocycles. The first-order valence-electron chi connectivity index (χ1n) is 6.43. The fourth-order valence-electron chi connectivity index (χ4n) is 2.36. The number of hydrogen-bond donors (Lipinski definition) is 1. The van der Waals surface area contributed by atoms with Gasteiger partial charge in [0.1, 0.15) is 17.3 Å². The van der Waals surface area contributed by atoms with Gasteiger partial charge < -0.3 is 10.3 Å². The van der Waals surface area contributed by atoms with Crippen molar-refractivity contribution in [3.05, 3.63) is 34.1 Å². The lowest BCUT2D eigenvalue weighted by Gasteiger charge is -2.07. The Morgan fingerprint density at radius 1 is 1.37 bits per heavy atom. The number of benzene rings is 1. The van der Waals surface area contributed by atoms with Crippen molar-refractivity contribution in [2.24, 2.45) is 0 Å². The highest BCUT2D eigenvalue weighted by Crippen LogP contribution is 2.42. The Kier molecular flexibility index (Phi) is 3.19. The summed E-state index contributed by atoms with van der Waals surface area (Å²) in [5.74, 6) is 1.74. The molecule has 3 rings (SSSR count). The highest BCUT2D eigenvalue weighted by molar-refractivity contribution is 6.36. The molecule has 1 heterocycles. The van der Waals surface area contributed by atoms with E-state index >= 15 is 0 Å². The van der Waals surface area contributed by atoms with Gasteiger partial charge in [-0.25, -0.2) is 4.98 Å². The van der Waals surface area contributed by atoms with Crippen LogP contribution in [0.5, 0.6) is 0 Å². The minimum Gasteiger partial charge on any atom is -0.383 e. The lowest BCUT2D eigenvalue weighted by atomic mass is 10.1. The number of hydrogen-bond acceptors (Lipinski definition) is 2. The van der Waals surface area contributed by atoms with Crippen LogP contribution in [0.3, 0.4) is 0 Å². The van der Waals surface area contributed by atoms with Crippen molar-refractivity contribution in [2.45, 2.75) is 32.2 Å². The average molecular weight is 296 g/mol. The molecule has 0 aliphatic heterocycles. The molecule has 1 saturated carbocycles. The zero-order valence-corrected chi connectivity index (χ0v) is 12.2. The van der Waals surface area contributed by atoms with Gasteiger partial charge in [0.25, 0.3) is 0 Å². The minimum absolute atomic E-state index is 0.516. The molecule has 19 heavy (non-hydrogen) atoms. The Labute approximate surface area is 122 Å². The molecule has 0 saturated heterocycles. The van der Waals surface area contributed by atoms with E-state index in [2.05, 4.69) is 16.5 Å². The second-order valence-corrected chi connectivity index (χ2v) is 5.68. The van der Waals surface area contributed by atoms with Crippen LogP contribution in [0.2, 0.25) is 10.0 Å². The monoisotopic (exact) mass is 295 g/mol. The number of nitrogens with two attached hydrogens (primary N) is 1. The van der Waals surface area contributed by atoms with E-state index in [4.69, 9.17) is 28.9 Å². The summed E-state index contributed by atoms with van der Waals surface area (Å²) < 4.78 is 2.15. The highest BCUT2D eigenvalue weighted by Gasteiger charge is 2.29. The van der Waals surface area contributed by atoms with Crippen LogP contribution in [0.15, 0.2) is 18.2 Å². The highest BCUT2D eigenvalue weighted by atomic mass is 35.5. The Bertz CT molecular complexity index is 630. The van der Waals surface area contributed by atoms with Gasteiger partial charge in [0, 0.05) is 23.0 Å². The Morgan fingerprint density at radius 3 is 2.68 bits per heavy atom. The van der Waals surface area contributed by atoms with Gasteiger partial charge in [-0.05, 0) is 31.0 Å². The van der Waals surface area contributed by atoms with Crippen molar-refractivity contribution in [1.29, 1.82) is 0 Å². The zero-order chi connectivity index (χ0) is 13.6. The van der Waals surface area contributed by atoms with Crippen LogP contribution < -0.4 is 5.73 Å². The standard InChI is InChI=1S/C14H15Cl2N3/c1-2-12-18-13(14(17)19(12)9-4-5-9)10-6-3-8(15)7-11(10)16/h3,6-7,9H,2,4-5,17H2,1H3. The van der Waals surface area contributed by atoms with Crippen molar-refractivity contribution in [1.82, 2.24) is 9.55 Å². The molecule has 2 aromatic rings. The Hall–Kier alpha value is -1.19. The fourth-order valence-corrected chi connectivity index (χ4v) is 2.86. The third kappa shape index (κ3) is 2.21. The fraction of sp³-hybridized carbons (Fsp3) is 0.357. The number of aromatic nitrogens is 2. The molecule has 0 bridgehead atoms. The van der Waals surface area contributed by atoms with E-state index in [9.17, 15) is 0 Å². The maximum atomic E-state index is 6.27. The quantitative estimate of drug-likeness (QED) is 0.915. The molecule has 1 aliphatic rings. The summed E-state index contributed by atoms with van der Waals surface area (Å²) in [6, 6.07) is 5.92. The van der Waals surface area contributed by atoms with Gasteiger partial charge in [0.15, 0.2) is 0 Å². The summed E-state index contributed by atoms with van der Waals surface area (Å²) in [5.41, 5.74) is 7.88. The van der Waals surface area contributed by atoms with E-state index in [1.54, 1.807) is 6.07 Å². The number of nitrogens with zero attached hydrogens (tertiary/aromatic N) is 2. The average Bonchev–Trinajstić information content (AvgIpc) is 3.14. The number of imidazole rings is 1.